The highest BCUT2D eigenvalue weighted by molar-refractivity contribution is 5.78. The van der Waals surface area contributed by atoms with E-state index in [-0.39, 0.29) is 11.9 Å². The summed E-state index contributed by atoms with van der Waals surface area (Å²) in [5.41, 5.74) is 2.01. The molecular formula is C21H27N3O2. The smallest absolute Gasteiger partial charge is 0.236 e. The van der Waals surface area contributed by atoms with Crippen molar-refractivity contribution in [3.63, 3.8) is 0 Å². The summed E-state index contributed by atoms with van der Waals surface area (Å²) in [4.78, 5) is 18.8. The summed E-state index contributed by atoms with van der Waals surface area (Å²) < 4.78 is 0. The van der Waals surface area contributed by atoms with Gasteiger partial charge in [-0.1, -0.05) is 42.5 Å². The van der Waals surface area contributed by atoms with Crippen molar-refractivity contribution < 1.29 is 9.90 Å². The van der Waals surface area contributed by atoms with Crippen molar-refractivity contribution in [2.45, 2.75) is 13.0 Å². The van der Waals surface area contributed by atoms with Crippen molar-refractivity contribution in [3.05, 3.63) is 60.2 Å². The van der Waals surface area contributed by atoms with E-state index in [9.17, 15) is 9.90 Å². The lowest BCUT2D eigenvalue weighted by molar-refractivity contribution is -0.133. The molecular weight excluding hydrogens is 326 g/mol. The van der Waals surface area contributed by atoms with Crippen LogP contribution in [0.25, 0.3) is 0 Å². The number of benzene rings is 2. The molecule has 1 heterocycles. The summed E-state index contributed by atoms with van der Waals surface area (Å²) in [6, 6.07) is 17.6. The molecule has 1 fully saturated rings. The van der Waals surface area contributed by atoms with E-state index in [1.807, 2.05) is 48.3 Å². The molecule has 0 radical (unpaired) electrons. The van der Waals surface area contributed by atoms with Crippen LogP contribution in [0.3, 0.4) is 0 Å². The van der Waals surface area contributed by atoms with Crippen LogP contribution in [0.4, 0.5) is 5.69 Å². The van der Waals surface area contributed by atoms with E-state index >= 15 is 0 Å². The molecule has 0 saturated carbocycles. The van der Waals surface area contributed by atoms with Gasteiger partial charge >= 0.3 is 0 Å². The first kappa shape index (κ1) is 18.3. The van der Waals surface area contributed by atoms with Gasteiger partial charge < -0.3 is 14.9 Å². The summed E-state index contributed by atoms with van der Waals surface area (Å²) in [6.45, 7) is 5.73. The average Bonchev–Trinajstić information content (AvgIpc) is 2.68. The van der Waals surface area contributed by atoms with Crippen LogP contribution in [-0.2, 0) is 4.79 Å². The minimum atomic E-state index is 0.0613. The molecule has 0 aromatic heterocycles. The monoisotopic (exact) mass is 353 g/mol. The molecule has 3 rings (SSSR count). The second-order valence-corrected chi connectivity index (χ2v) is 6.84. The molecule has 26 heavy (non-hydrogen) atoms. The number of amides is 1. The van der Waals surface area contributed by atoms with Crippen molar-refractivity contribution in [3.8, 4) is 5.75 Å². The van der Waals surface area contributed by atoms with Gasteiger partial charge in [-0.15, -0.1) is 0 Å². The van der Waals surface area contributed by atoms with Gasteiger partial charge in [0.05, 0.1) is 18.3 Å². The second-order valence-electron chi connectivity index (χ2n) is 6.84. The van der Waals surface area contributed by atoms with Gasteiger partial charge in [0.2, 0.25) is 5.91 Å². The molecule has 0 spiro atoms. The van der Waals surface area contributed by atoms with E-state index < -0.39 is 0 Å². The van der Waals surface area contributed by atoms with Crippen molar-refractivity contribution in [1.82, 2.24) is 9.80 Å². The molecule has 1 atom stereocenters. The number of phenols is 1. The predicted molar refractivity (Wildman–Crippen MR) is 104 cm³/mol. The molecule has 5 nitrogen and oxygen atoms in total. The molecule has 1 saturated heterocycles. The molecule has 0 unspecified atom stereocenters. The maximum Gasteiger partial charge on any atom is 0.236 e. The Balaban J connectivity index is 1.52. The van der Waals surface area contributed by atoms with Gasteiger partial charge in [0.25, 0.3) is 0 Å². The lowest BCUT2D eigenvalue weighted by Crippen LogP contribution is -2.50. The first-order chi connectivity index (χ1) is 12.6. The van der Waals surface area contributed by atoms with Crippen LogP contribution < -0.4 is 4.90 Å². The quantitative estimate of drug-likeness (QED) is 0.898. The minimum absolute atomic E-state index is 0.0613. The van der Waals surface area contributed by atoms with Crippen molar-refractivity contribution >= 4 is 11.6 Å². The van der Waals surface area contributed by atoms with Gasteiger partial charge in [0.15, 0.2) is 0 Å². The van der Waals surface area contributed by atoms with Crippen LogP contribution in [0.5, 0.6) is 5.75 Å². The number of phenolic OH excluding ortho intramolecular Hbond substituents is 1. The molecule has 1 aliphatic heterocycles. The fourth-order valence-corrected chi connectivity index (χ4v) is 3.35. The number of likely N-dealkylation sites (N-methyl/N-ethyl adjacent to an activating group) is 1. The SMILES string of the molecule is C[C@H](c1ccccc1)N(C)C(=O)CN1CCN(c2ccccc2O)CC1. The zero-order chi connectivity index (χ0) is 18.5. The molecule has 2 aromatic rings. The lowest BCUT2D eigenvalue weighted by atomic mass is 10.1. The zero-order valence-electron chi connectivity index (χ0n) is 15.5. The number of piperazine rings is 1. The van der Waals surface area contributed by atoms with Gasteiger partial charge in [-0.25, -0.2) is 0 Å². The fraction of sp³-hybridized carbons (Fsp3) is 0.381. The predicted octanol–water partition coefficient (Wildman–Crippen LogP) is 2.73. The molecule has 1 aliphatic rings. The van der Waals surface area contributed by atoms with Gasteiger partial charge in [0, 0.05) is 33.2 Å². The first-order valence-corrected chi connectivity index (χ1v) is 9.12. The van der Waals surface area contributed by atoms with Crippen LogP contribution >= 0.6 is 0 Å². The topological polar surface area (TPSA) is 47.0 Å². The Kier molecular flexibility index (Phi) is 5.78. The molecule has 1 N–H and O–H groups in total. The third-order valence-electron chi connectivity index (χ3n) is 5.21. The lowest BCUT2D eigenvalue weighted by Gasteiger charge is -2.37. The van der Waals surface area contributed by atoms with Crippen LogP contribution in [0.1, 0.15) is 18.5 Å². The van der Waals surface area contributed by atoms with Crippen LogP contribution in [0.2, 0.25) is 0 Å². The number of anilines is 1. The molecule has 1 amide bonds. The van der Waals surface area contributed by atoms with Crippen molar-refractivity contribution in [2.24, 2.45) is 0 Å². The van der Waals surface area contributed by atoms with E-state index in [1.165, 1.54) is 0 Å². The Morgan fingerprint density at radius 1 is 1.04 bits per heavy atom. The molecule has 0 bridgehead atoms. The molecule has 2 aromatic carbocycles. The highest BCUT2D eigenvalue weighted by atomic mass is 16.3. The van der Waals surface area contributed by atoms with E-state index in [2.05, 4.69) is 28.9 Å². The number of para-hydroxylation sites is 2. The Bertz CT molecular complexity index is 727. The summed E-state index contributed by atoms with van der Waals surface area (Å²) >= 11 is 0. The summed E-state index contributed by atoms with van der Waals surface area (Å²) in [5.74, 6) is 0.450. The van der Waals surface area contributed by atoms with Crippen molar-refractivity contribution in [2.75, 3.05) is 44.7 Å². The average molecular weight is 353 g/mol. The number of carbonyl (C=O) groups is 1. The Morgan fingerprint density at radius 3 is 2.31 bits per heavy atom. The number of nitrogens with zero attached hydrogens (tertiary/aromatic N) is 3. The summed E-state index contributed by atoms with van der Waals surface area (Å²) in [6.07, 6.45) is 0. The maximum atomic E-state index is 12.7. The fourth-order valence-electron chi connectivity index (χ4n) is 3.35. The Hall–Kier alpha value is -2.53. The molecule has 138 valence electrons. The van der Waals surface area contributed by atoms with E-state index in [4.69, 9.17) is 0 Å². The Morgan fingerprint density at radius 2 is 1.65 bits per heavy atom. The van der Waals surface area contributed by atoms with Crippen LogP contribution in [-0.4, -0.2) is 60.6 Å². The number of aromatic hydroxyl groups is 1. The highest BCUT2D eigenvalue weighted by Crippen LogP contribution is 2.27. The van der Waals surface area contributed by atoms with Crippen molar-refractivity contribution in [1.29, 1.82) is 0 Å². The third-order valence-corrected chi connectivity index (χ3v) is 5.21. The minimum Gasteiger partial charge on any atom is -0.506 e. The number of hydrogen-bond acceptors (Lipinski definition) is 4. The van der Waals surface area contributed by atoms with Crippen LogP contribution in [0.15, 0.2) is 54.6 Å². The first-order valence-electron chi connectivity index (χ1n) is 9.12. The van der Waals surface area contributed by atoms with Gasteiger partial charge in [0.1, 0.15) is 5.75 Å². The zero-order valence-corrected chi connectivity index (χ0v) is 15.5. The van der Waals surface area contributed by atoms with Gasteiger partial charge in [-0.05, 0) is 24.6 Å². The molecule has 0 aliphatic carbocycles. The number of carbonyl (C=O) groups excluding carboxylic acids is 1. The molecule has 5 heteroatoms. The third kappa shape index (κ3) is 4.17. The summed E-state index contributed by atoms with van der Waals surface area (Å²) in [7, 11) is 1.87. The maximum absolute atomic E-state index is 12.7. The van der Waals surface area contributed by atoms with E-state index in [0.29, 0.717) is 12.3 Å². The normalized spacial score (nSPS) is 16.3. The Labute approximate surface area is 155 Å². The van der Waals surface area contributed by atoms with Gasteiger partial charge in [-0.2, -0.15) is 0 Å². The van der Waals surface area contributed by atoms with Crippen LogP contribution in [0, 0.1) is 0 Å². The van der Waals surface area contributed by atoms with Gasteiger partial charge in [-0.3, -0.25) is 9.69 Å². The van der Waals surface area contributed by atoms with E-state index in [1.54, 1.807) is 6.07 Å². The number of rotatable bonds is 5. The number of hydrogen-bond donors (Lipinski definition) is 1. The summed E-state index contributed by atoms with van der Waals surface area (Å²) in [5, 5.41) is 10.0. The van der Waals surface area contributed by atoms with E-state index in [0.717, 1.165) is 37.4 Å². The largest absolute Gasteiger partial charge is 0.506 e. The second kappa shape index (κ2) is 8.23. The highest BCUT2D eigenvalue weighted by Gasteiger charge is 2.23. The standard InChI is InChI=1S/C21H27N3O2/c1-17(18-8-4-3-5-9-18)22(2)21(26)16-23-12-14-24(15-13-23)19-10-6-7-11-20(19)25/h3-11,17,25H,12-16H2,1-2H3/t17-/m1/s1.